The van der Waals surface area contributed by atoms with E-state index in [4.69, 9.17) is 38.3 Å². The number of rotatable bonds is 15. The molecule has 52 heavy (non-hydrogen) atoms. The first-order valence-electron chi connectivity index (χ1n) is 16.5. The molecule has 0 fully saturated rings. The van der Waals surface area contributed by atoms with E-state index in [-0.39, 0.29) is 48.0 Å². The normalized spacial score (nSPS) is 11.1. The number of nitrogens with zero attached hydrogens (tertiary/aromatic N) is 6. The summed E-state index contributed by atoms with van der Waals surface area (Å²) in [5.74, 6) is -0.0176. The number of nitrogen functional groups attached to an aromatic ring is 3. The molecule has 0 aliphatic heterocycles. The van der Waals surface area contributed by atoms with Crippen molar-refractivity contribution < 1.29 is 28.3 Å². The number of thiazole rings is 1. The van der Waals surface area contributed by atoms with Crippen LogP contribution in [-0.4, -0.2) is 121 Å². The Bertz CT molecular complexity index is 1710. The summed E-state index contributed by atoms with van der Waals surface area (Å²) in [4.78, 5) is 14.3. The van der Waals surface area contributed by atoms with Gasteiger partial charge in [-0.2, -0.15) is 23.5 Å². The smallest absolute Gasteiger partial charge is 0.296 e. The fourth-order valence-electron chi connectivity index (χ4n) is 4.15. The maximum atomic E-state index is 11.8. The van der Waals surface area contributed by atoms with Crippen molar-refractivity contribution in [3.05, 3.63) is 42.0 Å². The van der Waals surface area contributed by atoms with Crippen molar-refractivity contribution in [3.8, 4) is 10.6 Å². The van der Waals surface area contributed by atoms with Crippen molar-refractivity contribution in [1.29, 1.82) is 0 Å². The van der Waals surface area contributed by atoms with E-state index in [0.717, 1.165) is 38.2 Å². The number of benzene rings is 2. The van der Waals surface area contributed by atoms with E-state index >= 15 is 0 Å². The Balaban J connectivity index is 0.000000526. The number of anilines is 3. The fraction of sp³-hybridized carbons (Fsp3) is 0.469. The van der Waals surface area contributed by atoms with Crippen molar-refractivity contribution in [3.63, 3.8) is 0 Å². The van der Waals surface area contributed by atoms with Crippen LogP contribution in [-0.2, 0) is 10.1 Å². The molecule has 0 unspecified atom stereocenters. The van der Waals surface area contributed by atoms with Crippen LogP contribution in [0.15, 0.2) is 51.5 Å². The molecule has 0 saturated carbocycles. The summed E-state index contributed by atoms with van der Waals surface area (Å²) >= 11 is 1.17. The molecule has 0 saturated heterocycles. The van der Waals surface area contributed by atoms with E-state index in [2.05, 4.69) is 54.6 Å². The summed E-state index contributed by atoms with van der Waals surface area (Å²) in [5.41, 5.74) is 24.6. The molecule has 0 aliphatic carbocycles. The molecule has 4 rings (SSSR count). The molecule has 14 N–H and O–H groups in total. The number of azo groups is 1. The van der Waals surface area contributed by atoms with Crippen molar-refractivity contribution in [1.82, 2.24) is 30.5 Å². The highest BCUT2D eigenvalue weighted by molar-refractivity contribution is 7.86. The Labute approximate surface area is 309 Å². The molecule has 4 aromatic rings. The largest absolute Gasteiger partial charge is 0.395 e. The van der Waals surface area contributed by atoms with Gasteiger partial charge in [-0.25, -0.2) is 4.98 Å². The minimum Gasteiger partial charge on any atom is -0.395 e. The first-order chi connectivity index (χ1) is 24.8. The molecule has 0 spiro atoms. The first kappa shape index (κ1) is 46.1. The third-order valence-electron chi connectivity index (χ3n) is 6.81. The van der Waals surface area contributed by atoms with Crippen LogP contribution < -0.4 is 33.6 Å². The van der Waals surface area contributed by atoms with Crippen molar-refractivity contribution in [2.45, 2.75) is 32.1 Å². The van der Waals surface area contributed by atoms with Gasteiger partial charge < -0.3 is 53.8 Å². The lowest BCUT2D eigenvalue weighted by molar-refractivity contribution is 0.266. The van der Waals surface area contributed by atoms with E-state index in [1.807, 2.05) is 0 Å². The topological polar surface area (TPSA) is 310 Å². The van der Waals surface area contributed by atoms with Gasteiger partial charge in [-0.3, -0.25) is 4.55 Å². The van der Waals surface area contributed by atoms with Gasteiger partial charge in [0.15, 0.2) is 17.3 Å². The van der Waals surface area contributed by atoms with E-state index in [1.54, 1.807) is 50.4 Å². The van der Waals surface area contributed by atoms with Gasteiger partial charge in [-0.1, -0.05) is 19.9 Å². The Morgan fingerprint density at radius 3 is 1.90 bits per heavy atom. The SMILES string of the molecule is CCN(CC)CCCN.CNCCO.Cc1ccc2nc(-c3ccc(N=Nc4c(N)nc(N)nc4N)cc3)sc2c1S(=O)(=O)O.OCCNCCO. The lowest BCUT2D eigenvalue weighted by Crippen LogP contribution is -2.25. The highest BCUT2D eigenvalue weighted by Gasteiger charge is 2.20. The number of aryl methyl sites for hydroxylation is 1. The van der Waals surface area contributed by atoms with Gasteiger partial charge in [0.1, 0.15) is 9.90 Å². The Hall–Kier alpha value is -3.96. The number of nitrogens with two attached hydrogens (primary N) is 4. The minimum atomic E-state index is -4.37. The number of aliphatic hydroxyl groups is 3. The highest BCUT2D eigenvalue weighted by atomic mass is 32.2. The Morgan fingerprint density at radius 1 is 0.865 bits per heavy atom. The Morgan fingerprint density at radius 2 is 1.44 bits per heavy atom. The van der Waals surface area contributed by atoms with Crippen LogP contribution >= 0.6 is 11.3 Å². The predicted octanol–water partition coefficient (Wildman–Crippen LogP) is 1.91. The second-order valence-corrected chi connectivity index (χ2v) is 13.1. The number of hydrogen-bond acceptors (Lipinski definition) is 18. The van der Waals surface area contributed by atoms with Crippen molar-refractivity contribution in [2.75, 3.05) is 89.9 Å². The number of nitrogens with one attached hydrogen (secondary N) is 2. The number of hydrogen-bond donors (Lipinski definition) is 10. The molecule has 0 bridgehead atoms. The Kier molecular flexibility index (Phi) is 22.2. The number of aliphatic hydroxyl groups excluding tert-OH is 3. The van der Waals surface area contributed by atoms with Gasteiger partial charge in [-0.15, -0.1) is 16.5 Å². The standard InChI is InChI=1S/C18H16N8O3S2.C7H18N2.C4H11NO2.C3H9NO/c1-8-2-7-11-13(14(8)31(27,28)29)30-17(22-11)9-3-5-10(6-4-9)25-26-12-15(19)23-18(21)24-16(12)20;1-3-9(4-2)7-5-6-8;6-3-1-5-2-4-7;1-4-2-3-5/h2-7H,1H3,(H,27,28,29)(H6,19,20,21,23,24);3-8H2,1-2H3;5-7H,1-4H2;4-5H,2-3H2,1H3. The molecule has 2 aromatic carbocycles. The molecular weight excluding hydrogens is 713 g/mol. The van der Waals surface area contributed by atoms with Crippen molar-refractivity contribution in [2.24, 2.45) is 16.0 Å². The third kappa shape index (κ3) is 16.2. The van der Waals surface area contributed by atoms with Gasteiger partial charge in [0.25, 0.3) is 10.1 Å². The van der Waals surface area contributed by atoms with E-state index < -0.39 is 10.1 Å². The molecule has 290 valence electrons. The van der Waals surface area contributed by atoms with Gasteiger partial charge in [0.2, 0.25) is 5.95 Å². The quantitative estimate of drug-likeness (QED) is 0.0469. The molecule has 0 radical (unpaired) electrons. The summed E-state index contributed by atoms with van der Waals surface area (Å²) in [5, 5.41) is 38.5. The monoisotopic (exact) mass is 766 g/mol. The van der Waals surface area contributed by atoms with Gasteiger partial charge in [0.05, 0.1) is 35.7 Å². The van der Waals surface area contributed by atoms with Crippen LogP contribution in [0.25, 0.3) is 20.8 Å². The predicted molar refractivity (Wildman–Crippen MR) is 209 cm³/mol. The van der Waals surface area contributed by atoms with Gasteiger partial charge in [-0.05, 0) is 82.5 Å². The van der Waals surface area contributed by atoms with E-state index in [9.17, 15) is 13.0 Å². The minimum absolute atomic E-state index is 0.0183. The fourth-order valence-corrected chi connectivity index (χ4v) is 6.47. The molecule has 2 aromatic heterocycles. The lowest BCUT2D eigenvalue weighted by atomic mass is 10.2. The van der Waals surface area contributed by atoms with Crippen LogP contribution in [0.4, 0.5) is 29.0 Å². The molecule has 18 nitrogen and oxygen atoms in total. The summed E-state index contributed by atoms with van der Waals surface area (Å²) < 4.78 is 33.6. The first-order valence-corrected chi connectivity index (χ1v) is 18.8. The zero-order chi connectivity index (χ0) is 39.1. The number of fused-ring (bicyclic) bond motifs is 1. The van der Waals surface area contributed by atoms with Gasteiger partial charge in [0, 0.05) is 25.2 Å². The van der Waals surface area contributed by atoms with E-state index in [0.29, 0.717) is 46.1 Å². The number of likely N-dealkylation sites (N-methyl/N-ethyl adjacent to an activating group) is 1. The molecule has 0 amide bonds. The molecule has 0 atom stereocenters. The lowest BCUT2D eigenvalue weighted by Gasteiger charge is -2.16. The van der Waals surface area contributed by atoms with Gasteiger partial charge >= 0.3 is 0 Å². The van der Waals surface area contributed by atoms with Crippen LogP contribution in [0.5, 0.6) is 0 Å². The molecule has 0 aliphatic rings. The molecular formula is C32H54N12O6S2. The summed E-state index contributed by atoms with van der Waals surface area (Å²) in [7, 11) is -2.57. The van der Waals surface area contributed by atoms with Crippen LogP contribution in [0, 0.1) is 6.92 Å². The average molecular weight is 767 g/mol. The second kappa shape index (κ2) is 25.1. The zero-order valence-electron chi connectivity index (χ0n) is 30.2. The van der Waals surface area contributed by atoms with Crippen LogP contribution in [0.3, 0.4) is 0 Å². The zero-order valence-corrected chi connectivity index (χ0v) is 31.8. The van der Waals surface area contributed by atoms with E-state index in [1.165, 1.54) is 11.3 Å². The van der Waals surface area contributed by atoms with Crippen molar-refractivity contribution >= 4 is 60.6 Å². The van der Waals surface area contributed by atoms with Crippen LogP contribution in [0.1, 0.15) is 25.8 Å². The summed E-state index contributed by atoms with van der Waals surface area (Å²) in [6, 6.07) is 10.2. The number of aromatic nitrogens is 3. The maximum absolute atomic E-state index is 11.8. The molecule has 20 heteroatoms. The summed E-state index contributed by atoms with van der Waals surface area (Å²) in [6.07, 6.45) is 1.13. The third-order valence-corrected chi connectivity index (χ3v) is 9.12. The second-order valence-electron chi connectivity index (χ2n) is 10.7. The van der Waals surface area contributed by atoms with Crippen LogP contribution in [0.2, 0.25) is 0 Å². The summed E-state index contributed by atoms with van der Waals surface area (Å²) in [6.45, 7) is 12.6. The average Bonchev–Trinajstić information content (AvgIpc) is 3.53. The maximum Gasteiger partial charge on any atom is 0.296 e. The molecule has 2 heterocycles. The highest BCUT2D eigenvalue weighted by Crippen LogP contribution is 2.36.